The summed E-state index contributed by atoms with van der Waals surface area (Å²) in [6, 6.07) is 20.9. The normalized spacial score (nSPS) is 15.7. The van der Waals surface area contributed by atoms with Crippen LogP contribution in [0.2, 0.25) is 0 Å². The maximum Gasteiger partial charge on any atom is 0.200 e. The Morgan fingerprint density at radius 1 is 0.926 bits per heavy atom. The molecule has 0 unspecified atom stereocenters. The first-order valence-corrected chi connectivity index (χ1v) is 9.81. The van der Waals surface area contributed by atoms with Gasteiger partial charge >= 0.3 is 0 Å². The van der Waals surface area contributed by atoms with Gasteiger partial charge in [-0.1, -0.05) is 55.7 Å². The molecule has 0 bridgehead atoms. The van der Waals surface area contributed by atoms with Gasteiger partial charge in [-0.15, -0.1) is 0 Å². The van der Waals surface area contributed by atoms with Crippen molar-refractivity contribution in [1.29, 1.82) is 0 Å². The van der Waals surface area contributed by atoms with Crippen molar-refractivity contribution in [2.75, 3.05) is 10.6 Å². The van der Waals surface area contributed by atoms with Crippen LogP contribution in [-0.4, -0.2) is 17.0 Å². The molecule has 1 aliphatic carbocycles. The van der Waals surface area contributed by atoms with E-state index in [4.69, 9.17) is 4.99 Å². The van der Waals surface area contributed by atoms with Crippen molar-refractivity contribution >= 4 is 28.2 Å². The van der Waals surface area contributed by atoms with E-state index in [1.807, 2.05) is 37.3 Å². The molecule has 1 aliphatic rings. The Kier molecular flexibility index (Phi) is 5.33. The molecular formula is C23H26N4. The first-order chi connectivity index (χ1) is 13.3. The Bertz CT molecular complexity index is 928. The average molecular weight is 358 g/mol. The molecule has 1 fully saturated rings. The molecule has 0 amide bonds. The van der Waals surface area contributed by atoms with Gasteiger partial charge in [0.05, 0.1) is 17.2 Å². The molecule has 1 heterocycles. The number of nitrogens with zero attached hydrogens (tertiary/aromatic N) is 2. The molecule has 138 valence electrons. The number of aryl methyl sites for hydroxylation is 1. The third-order valence-electron chi connectivity index (χ3n) is 5.02. The van der Waals surface area contributed by atoms with Crippen LogP contribution in [0.4, 0.5) is 11.4 Å². The molecule has 0 spiro atoms. The lowest BCUT2D eigenvalue weighted by Gasteiger charge is -2.21. The Balaban J connectivity index is 1.67. The standard InChI is InChI=1S/C23H26N4/c1-17-16-22(20-14-8-9-15-21(20)24-17)27-23(25-18-10-4-2-5-11-18)26-19-12-6-3-7-13-19/h2,4-5,8-11,14-16,19H,3,6-7,12-13H2,1H3,(H2,24,25,26,27). The molecule has 0 aliphatic heterocycles. The monoisotopic (exact) mass is 358 g/mol. The number of rotatable bonds is 3. The molecule has 4 rings (SSSR count). The van der Waals surface area contributed by atoms with Gasteiger partial charge in [0.2, 0.25) is 5.96 Å². The van der Waals surface area contributed by atoms with Gasteiger partial charge < -0.3 is 10.6 Å². The smallest absolute Gasteiger partial charge is 0.200 e. The molecular weight excluding hydrogens is 332 g/mol. The highest BCUT2D eigenvalue weighted by Crippen LogP contribution is 2.25. The van der Waals surface area contributed by atoms with Crippen molar-refractivity contribution < 1.29 is 0 Å². The molecule has 3 aromatic rings. The summed E-state index contributed by atoms with van der Waals surface area (Å²) in [7, 11) is 0. The van der Waals surface area contributed by atoms with E-state index in [1.165, 1.54) is 19.3 Å². The topological polar surface area (TPSA) is 49.3 Å². The Morgan fingerprint density at radius 3 is 2.48 bits per heavy atom. The fourth-order valence-electron chi connectivity index (χ4n) is 3.69. The van der Waals surface area contributed by atoms with Gasteiger partial charge in [0.1, 0.15) is 0 Å². The highest BCUT2D eigenvalue weighted by molar-refractivity contribution is 6.08. The van der Waals surface area contributed by atoms with E-state index < -0.39 is 0 Å². The van der Waals surface area contributed by atoms with Gasteiger partial charge in [-0.25, -0.2) is 4.99 Å². The second-order valence-corrected chi connectivity index (χ2v) is 7.21. The van der Waals surface area contributed by atoms with Gasteiger partial charge in [-0.3, -0.25) is 4.98 Å². The first kappa shape index (κ1) is 17.5. The van der Waals surface area contributed by atoms with Crippen molar-refractivity contribution in [2.45, 2.75) is 45.1 Å². The largest absolute Gasteiger partial charge is 0.326 e. The lowest BCUT2D eigenvalue weighted by molar-refractivity contribution is 0.443. The fourth-order valence-corrected chi connectivity index (χ4v) is 3.69. The summed E-state index contributed by atoms with van der Waals surface area (Å²) in [6.07, 6.45) is 6.19. The minimum atomic E-state index is 0.381. The number of pyridine rings is 1. The van der Waals surface area contributed by atoms with Crippen LogP contribution in [0.1, 0.15) is 37.8 Å². The van der Waals surface area contributed by atoms with Crippen molar-refractivity contribution in [1.82, 2.24) is 4.98 Å². The van der Waals surface area contributed by atoms with Gasteiger partial charge in [-0.05, 0) is 44.0 Å². The lowest BCUT2D eigenvalue weighted by atomic mass is 9.96. The van der Waals surface area contributed by atoms with Crippen molar-refractivity contribution in [3.8, 4) is 0 Å². The van der Waals surface area contributed by atoms with E-state index >= 15 is 0 Å². The summed E-state index contributed by atoms with van der Waals surface area (Å²) in [5.74, 6) is 0.809. The molecule has 1 aromatic heterocycles. The summed E-state index contributed by atoms with van der Waals surface area (Å²) in [6.45, 7) is 2.03. The Hall–Kier alpha value is -2.88. The van der Waals surface area contributed by atoms with Crippen LogP contribution < -0.4 is 10.6 Å². The van der Waals surface area contributed by atoms with Crippen molar-refractivity contribution in [2.24, 2.45) is 4.99 Å². The second kappa shape index (κ2) is 8.21. The zero-order valence-electron chi connectivity index (χ0n) is 15.8. The van der Waals surface area contributed by atoms with Crippen LogP contribution in [0.3, 0.4) is 0 Å². The van der Waals surface area contributed by atoms with E-state index in [2.05, 4.69) is 45.9 Å². The lowest BCUT2D eigenvalue weighted by Crippen LogP contribution is -2.25. The number of hydrogen-bond donors (Lipinski definition) is 2. The summed E-state index contributed by atoms with van der Waals surface area (Å²) in [4.78, 5) is 9.68. The fraction of sp³-hybridized carbons (Fsp3) is 0.304. The summed E-state index contributed by atoms with van der Waals surface area (Å²) in [5, 5.41) is 8.14. The number of hydrogen-bond acceptors (Lipinski definition) is 2. The number of aromatic nitrogens is 1. The van der Waals surface area contributed by atoms with Gasteiger partial charge in [0.25, 0.3) is 0 Å². The van der Waals surface area contributed by atoms with E-state index in [0.717, 1.165) is 46.8 Å². The molecule has 1 saturated carbocycles. The summed E-state index contributed by atoms with van der Waals surface area (Å²) in [5.41, 5.74) is 4.07. The third-order valence-corrected chi connectivity index (χ3v) is 5.02. The molecule has 4 nitrogen and oxygen atoms in total. The minimum Gasteiger partial charge on any atom is -0.326 e. The van der Waals surface area contributed by atoms with Crippen molar-refractivity contribution in [3.63, 3.8) is 0 Å². The molecule has 0 atom stereocenters. The predicted molar refractivity (Wildman–Crippen MR) is 114 cm³/mol. The SMILES string of the molecule is Cc1cc(NC(=NC2CCCCC2)Nc2ccccc2)c2ccccc2n1. The van der Waals surface area contributed by atoms with E-state index in [-0.39, 0.29) is 0 Å². The number of anilines is 2. The van der Waals surface area contributed by atoms with Crippen LogP contribution in [-0.2, 0) is 0 Å². The quantitative estimate of drug-likeness (QED) is 0.462. The minimum absolute atomic E-state index is 0.381. The first-order valence-electron chi connectivity index (χ1n) is 9.81. The summed E-state index contributed by atoms with van der Waals surface area (Å²) >= 11 is 0. The molecule has 4 heteroatoms. The van der Waals surface area contributed by atoms with Crippen molar-refractivity contribution in [3.05, 3.63) is 66.4 Å². The maximum absolute atomic E-state index is 5.04. The molecule has 0 saturated heterocycles. The highest BCUT2D eigenvalue weighted by atomic mass is 15.2. The Labute approximate surface area is 160 Å². The molecule has 2 N–H and O–H groups in total. The van der Waals surface area contributed by atoms with E-state index in [1.54, 1.807) is 0 Å². The number of aliphatic imine (C=N–C) groups is 1. The molecule has 2 aromatic carbocycles. The average Bonchev–Trinajstić information content (AvgIpc) is 2.69. The third kappa shape index (κ3) is 4.45. The van der Waals surface area contributed by atoms with E-state index in [9.17, 15) is 0 Å². The number of nitrogens with one attached hydrogen (secondary N) is 2. The summed E-state index contributed by atoms with van der Waals surface area (Å²) < 4.78 is 0. The number of benzene rings is 2. The van der Waals surface area contributed by atoms with Crippen LogP contribution in [0.5, 0.6) is 0 Å². The molecule has 0 radical (unpaired) electrons. The number of guanidine groups is 1. The van der Waals surface area contributed by atoms with Crippen LogP contribution in [0, 0.1) is 6.92 Å². The second-order valence-electron chi connectivity index (χ2n) is 7.21. The van der Waals surface area contributed by atoms with Gasteiger partial charge in [0, 0.05) is 16.8 Å². The van der Waals surface area contributed by atoms with Gasteiger partial charge in [-0.2, -0.15) is 0 Å². The zero-order chi connectivity index (χ0) is 18.5. The zero-order valence-corrected chi connectivity index (χ0v) is 15.8. The van der Waals surface area contributed by atoms with Gasteiger partial charge in [0.15, 0.2) is 0 Å². The van der Waals surface area contributed by atoms with Crippen LogP contribution in [0.25, 0.3) is 10.9 Å². The van der Waals surface area contributed by atoms with E-state index in [0.29, 0.717) is 6.04 Å². The van der Waals surface area contributed by atoms with Crippen LogP contribution in [0.15, 0.2) is 65.7 Å². The maximum atomic E-state index is 5.04. The predicted octanol–water partition coefficient (Wildman–Crippen LogP) is 5.76. The highest BCUT2D eigenvalue weighted by Gasteiger charge is 2.14. The molecule has 27 heavy (non-hydrogen) atoms. The number of para-hydroxylation sites is 2. The number of fused-ring (bicyclic) bond motifs is 1. The van der Waals surface area contributed by atoms with Crippen LogP contribution >= 0.6 is 0 Å². The Morgan fingerprint density at radius 2 is 1.67 bits per heavy atom.